The van der Waals surface area contributed by atoms with Crippen molar-refractivity contribution in [3.8, 4) is 0 Å². The minimum atomic E-state index is -1.13. The average molecular weight is 448 g/mol. The molecule has 0 aromatic heterocycles. The van der Waals surface area contributed by atoms with E-state index >= 15 is 0 Å². The van der Waals surface area contributed by atoms with Crippen molar-refractivity contribution < 1.29 is 14.0 Å². The first-order valence-corrected chi connectivity index (χ1v) is 11.4. The first-order valence-electron chi connectivity index (χ1n) is 10.4. The summed E-state index contributed by atoms with van der Waals surface area (Å²) in [7, 11) is 0. The molecule has 1 N–H and O–H groups in total. The zero-order chi connectivity index (χ0) is 22.3. The van der Waals surface area contributed by atoms with Crippen LogP contribution in [-0.2, 0) is 16.2 Å². The number of anilines is 2. The van der Waals surface area contributed by atoms with Crippen LogP contribution in [0.3, 0.4) is 0 Å². The number of hydrogen-bond donors (Lipinski definition) is 1. The lowest BCUT2D eigenvalue weighted by atomic mass is 10.1. The van der Waals surface area contributed by atoms with Gasteiger partial charge in [-0.1, -0.05) is 48.0 Å². The molecule has 1 saturated heterocycles. The minimum Gasteiger partial charge on any atom is -0.308 e. The Morgan fingerprint density at radius 2 is 1.88 bits per heavy atom. The third-order valence-corrected chi connectivity index (χ3v) is 7.30. The number of aryl methyl sites for hydroxylation is 1. The normalized spacial score (nSPS) is 19.5. The Morgan fingerprint density at radius 1 is 1.09 bits per heavy atom. The smallest absolute Gasteiger partial charge is 0.308 e. The molecule has 2 aliphatic heterocycles. The van der Waals surface area contributed by atoms with Crippen molar-refractivity contribution >= 4 is 35.1 Å². The lowest BCUT2D eigenvalue weighted by molar-refractivity contribution is -0.123. The highest BCUT2D eigenvalue weighted by Gasteiger charge is 2.59. The Kier molecular flexibility index (Phi) is 5.13. The minimum absolute atomic E-state index is 0.176. The van der Waals surface area contributed by atoms with E-state index in [0.29, 0.717) is 23.5 Å². The maximum absolute atomic E-state index is 13.9. The summed E-state index contributed by atoms with van der Waals surface area (Å²) in [6.45, 7) is 2.68. The fourth-order valence-corrected chi connectivity index (χ4v) is 5.83. The summed E-state index contributed by atoms with van der Waals surface area (Å²) in [4.78, 5) is 29.3. The van der Waals surface area contributed by atoms with Crippen LogP contribution in [0.1, 0.15) is 16.7 Å². The van der Waals surface area contributed by atoms with Crippen molar-refractivity contribution in [1.82, 2.24) is 4.90 Å². The summed E-state index contributed by atoms with van der Waals surface area (Å²) in [5.74, 6) is 0.130. The Balaban J connectivity index is 1.50. The van der Waals surface area contributed by atoms with Gasteiger partial charge in [-0.25, -0.2) is 9.18 Å². The molecule has 2 heterocycles. The van der Waals surface area contributed by atoms with E-state index in [4.69, 9.17) is 0 Å². The number of benzene rings is 3. The third kappa shape index (κ3) is 3.33. The van der Waals surface area contributed by atoms with Gasteiger partial charge in [0.1, 0.15) is 5.82 Å². The van der Waals surface area contributed by atoms with Gasteiger partial charge in [0, 0.05) is 23.5 Å². The van der Waals surface area contributed by atoms with Crippen LogP contribution in [0.5, 0.6) is 0 Å². The van der Waals surface area contributed by atoms with E-state index in [1.807, 2.05) is 55.5 Å². The number of hydrogen-bond acceptors (Lipinski definition) is 3. The number of halogens is 1. The zero-order valence-electron chi connectivity index (χ0n) is 17.5. The molecule has 0 saturated carbocycles. The first-order chi connectivity index (χ1) is 15.5. The predicted octanol–water partition coefficient (Wildman–Crippen LogP) is 5.11. The molecular formula is C25H22FN3O2S. The van der Waals surface area contributed by atoms with Gasteiger partial charge in [-0.15, -0.1) is 11.8 Å². The summed E-state index contributed by atoms with van der Waals surface area (Å²) < 4.78 is 13.8. The quantitative estimate of drug-likeness (QED) is 0.607. The highest BCUT2D eigenvalue weighted by molar-refractivity contribution is 8.01. The molecule has 1 atom stereocenters. The molecule has 3 amide bonds. The van der Waals surface area contributed by atoms with Crippen molar-refractivity contribution in [2.24, 2.45) is 0 Å². The van der Waals surface area contributed by atoms with E-state index in [-0.39, 0.29) is 24.3 Å². The second kappa shape index (κ2) is 7.98. The van der Waals surface area contributed by atoms with E-state index in [1.165, 1.54) is 23.9 Å². The monoisotopic (exact) mass is 447 g/mol. The first kappa shape index (κ1) is 20.6. The molecule has 7 heteroatoms. The largest absolute Gasteiger partial charge is 0.323 e. The summed E-state index contributed by atoms with van der Waals surface area (Å²) in [6.07, 6.45) is 0. The molecule has 32 heavy (non-hydrogen) atoms. The van der Waals surface area contributed by atoms with Crippen LogP contribution in [0.25, 0.3) is 0 Å². The maximum Gasteiger partial charge on any atom is 0.323 e. The second-order valence-corrected chi connectivity index (χ2v) is 9.27. The number of amides is 3. The molecule has 1 fully saturated rings. The van der Waals surface area contributed by atoms with Crippen molar-refractivity contribution in [3.05, 3.63) is 95.3 Å². The molecule has 0 aliphatic carbocycles. The van der Waals surface area contributed by atoms with Gasteiger partial charge in [0.15, 0.2) is 4.87 Å². The number of nitrogens with one attached hydrogen (secondary N) is 1. The van der Waals surface area contributed by atoms with Gasteiger partial charge in [0.2, 0.25) is 0 Å². The summed E-state index contributed by atoms with van der Waals surface area (Å²) in [5.41, 5.74) is 4.03. The molecule has 3 aromatic carbocycles. The Morgan fingerprint density at radius 3 is 2.66 bits per heavy atom. The molecular weight excluding hydrogens is 425 g/mol. The van der Waals surface area contributed by atoms with E-state index in [2.05, 4.69) is 5.32 Å². The SMILES string of the molecule is Cc1ccc(NC(=O)N2CCS[C@@]23C(=O)N(Cc2cccc(F)c2)c2ccccc23)cc1. The van der Waals surface area contributed by atoms with E-state index in [1.54, 1.807) is 21.9 Å². The van der Waals surface area contributed by atoms with Crippen molar-refractivity contribution in [2.75, 3.05) is 22.5 Å². The van der Waals surface area contributed by atoms with Crippen LogP contribution < -0.4 is 10.2 Å². The van der Waals surface area contributed by atoms with E-state index in [9.17, 15) is 14.0 Å². The highest BCUT2D eigenvalue weighted by atomic mass is 32.2. The topological polar surface area (TPSA) is 52.7 Å². The highest BCUT2D eigenvalue weighted by Crippen LogP contribution is 2.54. The number of thioether (sulfide) groups is 1. The van der Waals surface area contributed by atoms with Crippen LogP contribution >= 0.6 is 11.8 Å². The Hall–Kier alpha value is -3.32. The van der Waals surface area contributed by atoms with Gasteiger partial charge in [-0.3, -0.25) is 9.69 Å². The summed E-state index contributed by atoms with van der Waals surface area (Å²) in [5, 5.41) is 2.94. The van der Waals surface area contributed by atoms with Gasteiger partial charge < -0.3 is 10.2 Å². The molecule has 5 rings (SSSR count). The lowest BCUT2D eigenvalue weighted by Gasteiger charge is -2.33. The van der Waals surface area contributed by atoms with Crippen LogP contribution in [-0.4, -0.2) is 29.1 Å². The predicted molar refractivity (Wildman–Crippen MR) is 125 cm³/mol. The number of carbonyl (C=O) groups excluding carboxylic acids is 2. The van der Waals surface area contributed by atoms with Crippen LogP contribution in [0.2, 0.25) is 0 Å². The standard InChI is InChI=1S/C25H22FN3O2S/c1-17-9-11-20(12-10-17)27-24(31)29-13-14-32-25(29)21-7-2-3-8-22(21)28(23(25)30)16-18-5-4-6-19(26)15-18/h2-12,15H,13-14,16H2,1H3,(H,27,31)/t25-/m0/s1. The number of para-hydroxylation sites is 1. The molecule has 162 valence electrons. The van der Waals surface area contributed by atoms with E-state index < -0.39 is 4.87 Å². The van der Waals surface area contributed by atoms with Gasteiger partial charge in [-0.05, 0) is 42.8 Å². The van der Waals surface area contributed by atoms with Crippen molar-refractivity contribution in [3.63, 3.8) is 0 Å². The molecule has 0 radical (unpaired) electrons. The maximum atomic E-state index is 13.9. The second-order valence-electron chi connectivity index (χ2n) is 7.98. The molecule has 1 spiro atoms. The van der Waals surface area contributed by atoms with Crippen LogP contribution in [0.4, 0.5) is 20.6 Å². The number of rotatable bonds is 3. The number of nitrogens with zero attached hydrogens (tertiary/aromatic N) is 2. The van der Waals surface area contributed by atoms with Crippen molar-refractivity contribution in [2.45, 2.75) is 18.3 Å². The fraction of sp³-hybridized carbons (Fsp3) is 0.200. The molecule has 0 bridgehead atoms. The zero-order valence-corrected chi connectivity index (χ0v) is 18.4. The summed E-state index contributed by atoms with van der Waals surface area (Å²) in [6, 6.07) is 21.1. The van der Waals surface area contributed by atoms with Gasteiger partial charge in [0.05, 0.1) is 12.2 Å². The molecule has 5 nitrogen and oxygen atoms in total. The third-order valence-electron chi connectivity index (χ3n) is 5.88. The van der Waals surface area contributed by atoms with Gasteiger partial charge in [0.25, 0.3) is 5.91 Å². The molecule has 3 aromatic rings. The van der Waals surface area contributed by atoms with Gasteiger partial charge in [-0.2, -0.15) is 0 Å². The van der Waals surface area contributed by atoms with Gasteiger partial charge >= 0.3 is 6.03 Å². The van der Waals surface area contributed by atoms with E-state index in [0.717, 1.165) is 16.8 Å². The number of urea groups is 1. The van der Waals surface area contributed by atoms with Crippen LogP contribution in [0.15, 0.2) is 72.8 Å². The Labute approximate surface area is 190 Å². The van der Waals surface area contributed by atoms with Crippen molar-refractivity contribution in [1.29, 1.82) is 0 Å². The number of carbonyl (C=O) groups is 2. The molecule has 0 unspecified atom stereocenters. The molecule has 2 aliphatic rings. The fourth-order valence-electron chi connectivity index (χ4n) is 4.37. The average Bonchev–Trinajstić information content (AvgIpc) is 3.33. The number of fused-ring (bicyclic) bond motifs is 2. The van der Waals surface area contributed by atoms with Crippen LogP contribution in [0, 0.1) is 12.7 Å². The Bertz CT molecular complexity index is 1200. The lowest BCUT2D eigenvalue weighted by Crippen LogP contribution is -2.51. The summed E-state index contributed by atoms with van der Waals surface area (Å²) >= 11 is 1.47.